The molecule has 2 N–H and O–H groups in total. The van der Waals surface area contributed by atoms with Gasteiger partial charge in [0.05, 0.1) is 17.8 Å². The molecule has 1 aromatic carbocycles. The van der Waals surface area contributed by atoms with Gasteiger partial charge in [0.15, 0.2) is 5.69 Å². The third kappa shape index (κ3) is 4.13. The molecule has 1 amide bonds. The van der Waals surface area contributed by atoms with E-state index in [9.17, 15) is 4.79 Å². The number of carbonyl (C=O) groups is 1. The molecule has 1 aromatic heterocycles. The van der Waals surface area contributed by atoms with Gasteiger partial charge in [-0.05, 0) is 70.7 Å². The highest BCUT2D eigenvalue weighted by atomic mass is 16.5. The van der Waals surface area contributed by atoms with E-state index in [1.807, 2.05) is 35.9 Å². The number of hydrogen-bond acceptors (Lipinski definition) is 5. The van der Waals surface area contributed by atoms with E-state index in [-0.39, 0.29) is 5.91 Å². The lowest BCUT2D eigenvalue weighted by Crippen LogP contribution is -2.30. The van der Waals surface area contributed by atoms with Crippen LogP contribution in [0, 0.1) is 6.92 Å². The van der Waals surface area contributed by atoms with Crippen molar-refractivity contribution in [2.75, 3.05) is 18.4 Å². The molecule has 2 heterocycles. The second-order valence-electron chi connectivity index (χ2n) is 7.46. The predicted molar refractivity (Wildman–Crippen MR) is 103 cm³/mol. The topological polar surface area (TPSA) is 81.1 Å². The standard InChI is InChI=1S/C20H27N5O2/c1-14-19(23-24-25(14)16-9-11-21-12-10-16)20(26)22-15-5-4-8-18(13-15)27-17-6-2-3-7-17/h4-5,8,13,16-17,21H,2-3,6-7,9-12H2,1H3,(H,22,26). The molecule has 4 rings (SSSR count). The maximum absolute atomic E-state index is 12.7. The Balaban J connectivity index is 1.43. The summed E-state index contributed by atoms with van der Waals surface area (Å²) in [5.41, 5.74) is 1.92. The van der Waals surface area contributed by atoms with E-state index >= 15 is 0 Å². The summed E-state index contributed by atoms with van der Waals surface area (Å²) in [4.78, 5) is 12.7. The molecule has 7 heteroatoms. The lowest BCUT2D eigenvalue weighted by Gasteiger charge is -2.23. The maximum Gasteiger partial charge on any atom is 0.278 e. The van der Waals surface area contributed by atoms with Crippen molar-refractivity contribution in [3.05, 3.63) is 35.7 Å². The van der Waals surface area contributed by atoms with E-state index in [0.717, 1.165) is 50.2 Å². The Labute approximate surface area is 159 Å². The van der Waals surface area contributed by atoms with E-state index in [2.05, 4.69) is 20.9 Å². The number of piperidine rings is 1. The fraction of sp³-hybridized carbons (Fsp3) is 0.550. The smallest absolute Gasteiger partial charge is 0.278 e. The van der Waals surface area contributed by atoms with Crippen LogP contribution >= 0.6 is 0 Å². The van der Waals surface area contributed by atoms with Gasteiger partial charge < -0.3 is 15.4 Å². The van der Waals surface area contributed by atoms with Gasteiger partial charge in [-0.25, -0.2) is 4.68 Å². The van der Waals surface area contributed by atoms with Gasteiger partial charge >= 0.3 is 0 Å². The molecule has 1 saturated heterocycles. The first-order valence-electron chi connectivity index (χ1n) is 9.91. The number of anilines is 1. The van der Waals surface area contributed by atoms with Crippen molar-refractivity contribution in [1.82, 2.24) is 20.3 Å². The Morgan fingerprint density at radius 2 is 2.00 bits per heavy atom. The molecule has 0 bridgehead atoms. The highest BCUT2D eigenvalue weighted by molar-refractivity contribution is 6.03. The molecule has 0 unspecified atom stereocenters. The van der Waals surface area contributed by atoms with Gasteiger partial charge in [-0.1, -0.05) is 11.3 Å². The Morgan fingerprint density at radius 1 is 1.22 bits per heavy atom. The molecule has 1 aliphatic heterocycles. The van der Waals surface area contributed by atoms with Crippen LogP contribution in [0.25, 0.3) is 0 Å². The number of nitrogens with zero attached hydrogens (tertiary/aromatic N) is 3. The molecule has 1 saturated carbocycles. The fourth-order valence-corrected chi connectivity index (χ4v) is 3.98. The molecular formula is C20H27N5O2. The van der Waals surface area contributed by atoms with Crippen LogP contribution in [0.3, 0.4) is 0 Å². The van der Waals surface area contributed by atoms with Gasteiger partial charge in [0.1, 0.15) is 5.75 Å². The van der Waals surface area contributed by atoms with E-state index in [1.165, 1.54) is 12.8 Å². The van der Waals surface area contributed by atoms with Crippen molar-refractivity contribution < 1.29 is 9.53 Å². The zero-order chi connectivity index (χ0) is 18.6. The summed E-state index contributed by atoms with van der Waals surface area (Å²) < 4.78 is 7.92. The molecule has 2 aromatic rings. The number of benzene rings is 1. The second-order valence-corrected chi connectivity index (χ2v) is 7.46. The van der Waals surface area contributed by atoms with Gasteiger partial charge in [0.25, 0.3) is 5.91 Å². The SMILES string of the molecule is Cc1c(C(=O)Nc2cccc(OC3CCCC3)c2)nnn1C1CCNCC1. The zero-order valence-corrected chi connectivity index (χ0v) is 15.8. The van der Waals surface area contributed by atoms with Crippen molar-refractivity contribution in [2.24, 2.45) is 0 Å². The van der Waals surface area contributed by atoms with Gasteiger partial charge in [-0.3, -0.25) is 4.79 Å². The minimum Gasteiger partial charge on any atom is -0.490 e. The average molecular weight is 369 g/mol. The molecule has 0 radical (unpaired) electrons. The van der Waals surface area contributed by atoms with E-state index < -0.39 is 0 Å². The van der Waals surface area contributed by atoms with Crippen molar-refractivity contribution in [3.8, 4) is 5.75 Å². The van der Waals surface area contributed by atoms with Crippen LogP contribution in [-0.2, 0) is 0 Å². The average Bonchev–Trinajstić information content (AvgIpc) is 3.32. The molecule has 0 spiro atoms. The first-order chi connectivity index (χ1) is 13.2. The maximum atomic E-state index is 12.7. The van der Waals surface area contributed by atoms with Crippen molar-refractivity contribution >= 4 is 11.6 Å². The zero-order valence-electron chi connectivity index (χ0n) is 15.8. The number of hydrogen-bond donors (Lipinski definition) is 2. The summed E-state index contributed by atoms with van der Waals surface area (Å²) in [7, 11) is 0. The normalized spacial score (nSPS) is 18.6. The molecule has 7 nitrogen and oxygen atoms in total. The number of ether oxygens (including phenoxy) is 1. The number of nitrogens with one attached hydrogen (secondary N) is 2. The Bertz CT molecular complexity index is 791. The van der Waals surface area contributed by atoms with Gasteiger partial charge in [0, 0.05) is 11.8 Å². The Morgan fingerprint density at radius 3 is 2.78 bits per heavy atom. The first kappa shape index (κ1) is 18.0. The molecule has 1 aliphatic carbocycles. The largest absolute Gasteiger partial charge is 0.490 e. The molecule has 0 atom stereocenters. The van der Waals surface area contributed by atoms with Crippen LogP contribution in [0.1, 0.15) is 60.7 Å². The summed E-state index contributed by atoms with van der Waals surface area (Å²) in [6.45, 7) is 3.86. The fourth-order valence-electron chi connectivity index (χ4n) is 3.98. The first-order valence-corrected chi connectivity index (χ1v) is 9.91. The summed E-state index contributed by atoms with van der Waals surface area (Å²) >= 11 is 0. The van der Waals surface area contributed by atoms with Crippen LogP contribution in [0.5, 0.6) is 5.75 Å². The molecule has 27 heavy (non-hydrogen) atoms. The van der Waals surface area contributed by atoms with Crippen LogP contribution in [0.4, 0.5) is 5.69 Å². The van der Waals surface area contributed by atoms with Crippen molar-refractivity contribution in [1.29, 1.82) is 0 Å². The van der Waals surface area contributed by atoms with E-state index in [0.29, 0.717) is 23.5 Å². The van der Waals surface area contributed by atoms with Gasteiger partial charge in [-0.2, -0.15) is 0 Å². The third-order valence-corrected chi connectivity index (χ3v) is 5.49. The van der Waals surface area contributed by atoms with Crippen LogP contribution in [-0.4, -0.2) is 40.1 Å². The van der Waals surface area contributed by atoms with Crippen LogP contribution in [0.2, 0.25) is 0 Å². The molecule has 2 aliphatic rings. The Kier molecular flexibility index (Phi) is 5.38. The molecular weight excluding hydrogens is 342 g/mol. The number of amides is 1. The monoisotopic (exact) mass is 369 g/mol. The summed E-state index contributed by atoms with van der Waals surface area (Å²) in [6, 6.07) is 7.89. The third-order valence-electron chi connectivity index (χ3n) is 5.49. The lowest BCUT2D eigenvalue weighted by molar-refractivity contribution is 0.102. The summed E-state index contributed by atoms with van der Waals surface area (Å²) in [5, 5.41) is 14.7. The second kappa shape index (κ2) is 8.08. The number of rotatable bonds is 5. The van der Waals surface area contributed by atoms with Gasteiger partial charge in [0.2, 0.25) is 0 Å². The van der Waals surface area contributed by atoms with Crippen molar-refractivity contribution in [3.63, 3.8) is 0 Å². The summed E-state index contributed by atoms with van der Waals surface area (Å²) in [6.07, 6.45) is 6.98. The quantitative estimate of drug-likeness (QED) is 0.846. The number of carbonyl (C=O) groups excluding carboxylic acids is 1. The van der Waals surface area contributed by atoms with Crippen LogP contribution in [0.15, 0.2) is 24.3 Å². The van der Waals surface area contributed by atoms with Crippen LogP contribution < -0.4 is 15.4 Å². The predicted octanol–water partition coefficient (Wildman–Crippen LogP) is 3.08. The molecule has 144 valence electrons. The summed E-state index contributed by atoms with van der Waals surface area (Å²) in [5.74, 6) is 0.570. The minimum absolute atomic E-state index is 0.231. The van der Waals surface area contributed by atoms with E-state index in [4.69, 9.17) is 4.74 Å². The van der Waals surface area contributed by atoms with Gasteiger partial charge in [-0.15, -0.1) is 5.10 Å². The lowest BCUT2D eigenvalue weighted by atomic mass is 10.1. The van der Waals surface area contributed by atoms with E-state index in [1.54, 1.807) is 0 Å². The highest BCUT2D eigenvalue weighted by Crippen LogP contribution is 2.26. The Hall–Kier alpha value is -2.41. The number of aromatic nitrogens is 3. The minimum atomic E-state index is -0.231. The molecule has 2 fully saturated rings. The highest BCUT2D eigenvalue weighted by Gasteiger charge is 2.23. The van der Waals surface area contributed by atoms with Crippen molar-refractivity contribution in [2.45, 2.75) is 57.6 Å².